The van der Waals surface area contributed by atoms with Crippen molar-refractivity contribution in [1.82, 2.24) is 0 Å². The van der Waals surface area contributed by atoms with Crippen LogP contribution < -0.4 is 10.6 Å². The number of benzene rings is 3. The number of nitrogens with one attached hydrogen (secondary N) is 2. The zero-order valence-corrected chi connectivity index (χ0v) is 17.3. The summed E-state index contributed by atoms with van der Waals surface area (Å²) < 4.78 is 0. The third-order valence-corrected chi connectivity index (χ3v) is 4.19. The predicted octanol–water partition coefficient (Wildman–Crippen LogP) is 5.57. The van der Waals surface area contributed by atoms with Crippen molar-refractivity contribution in [1.29, 1.82) is 0 Å². The monoisotopic (exact) mass is 450 g/mol. The highest BCUT2D eigenvalue weighted by Gasteiger charge is 2.06. The molecule has 158 valence electrons. The second-order valence-electron chi connectivity index (χ2n) is 6.10. The van der Waals surface area contributed by atoms with Gasteiger partial charge in [-0.3, -0.25) is 20.2 Å². The van der Waals surface area contributed by atoms with E-state index in [0.29, 0.717) is 13.1 Å². The lowest BCUT2D eigenvalue weighted by Gasteiger charge is -2.14. The van der Waals surface area contributed by atoms with Crippen LogP contribution in [0.15, 0.2) is 72.8 Å². The Morgan fingerprint density at radius 3 is 1.23 bits per heavy atom. The Bertz CT molecular complexity index is 902. The van der Waals surface area contributed by atoms with Crippen LogP contribution in [0.1, 0.15) is 11.1 Å². The Labute approximate surface area is 185 Å². The first-order chi connectivity index (χ1) is 13.5. The zero-order chi connectivity index (χ0) is 19.9. The molecule has 0 unspecified atom stereocenters. The van der Waals surface area contributed by atoms with Gasteiger partial charge in [0.2, 0.25) is 0 Å². The summed E-state index contributed by atoms with van der Waals surface area (Å²) in [5.41, 5.74) is 3.76. The third kappa shape index (κ3) is 6.61. The van der Waals surface area contributed by atoms with Crippen LogP contribution in [0.25, 0.3) is 0 Å². The number of para-hydroxylation sites is 2. The van der Waals surface area contributed by atoms with E-state index in [-0.39, 0.29) is 36.2 Å². The highest BCUT2D eigenvalue weighted by atomic mass is 35.5. The van der Waals surface area contributed by atoms with Crippen LogP contribution >= 0.6 is 24.8 Å². The molecule has 8 nitrogen and oxygen atoms in total. The first kappa shape index (κ1) is 24.7. The van der Waals surface area contributed by atoms with Crippen molar-refractivity contribution in [3.63, 3.8) is 0 Å². The average molecular weight is 451 g/mol. The fraction of sp³-hybridized carbons (Fsp3) is 0.100. The van der Waals surface area contributed by atoms with Crippen LogP contribution in [0.3, 0.4) is 0 Å². The number of hydrogen-bond acceptors (Lipinski definition) is 6. The summed E-state index contributed by atoms with van der Waals surface area (Å²) in [7, 11) is 0. The summed E-state index contributed by atoms with van der Waals surface area (Å²) in [5.74, 6) is 0. The van der Waals surface area contributed by atoms with E-state index in [1.54, 1.807) is 24.3 Å². The number of halogens is 2. The number of nitro groups is 2. The second-order valence-corrected chi connectivity index (χ2v) is 6.10. The second kappa shape index (κ2) is 11.6. The quantitative estimate of drug-likeness (QED) is 0.342. The van der Waals surface area contributed by atoms with Crippen LogP contribution in [0.2, 0.25) is 0 Å². The zero-order valence-electron chi connectivity index (χ0n) is 15.7. The first-order valence-electron chi connectivity index (χ1n) is 8.56. The number of anilines is 2. The van der Waals surface area contributed by atoms with Gasteiger partial charge in [0, 0.05) is 37.4 Å². The van der Waals surface area contributed by atoms with Gasteiger partial charge < -0.3 is 10.6 Å². The Hall–Kier alpha value is -3.36. The molecule has 0 aromatic heterocycles. The van der Waals surface area contributed by atoms with E-state index in [2.05, 4.69) is 10.6 Å². The maximum Gasteiger partial charge on any atom is 0.269 e. The maximum atomic E-state index is 10.7. The smallest absolute Gasteiger partial charge is 0.269 e. The van der Waals surface area contributed by atoms with E-state index in [1.165, 1.54) is 24.3 Å². The molecule has 0 spiro atoms. The first-order valence-corrected chi connectivity index (χ1v) is 8.56. The number of nitro benzene ring substituents is 2. The summed E-state index contributed by atoms with van der Waals surface area (Å²) >= 11 is 0. The molecule has 3 aromatic rings. The van der Waals surface area contributed by atoms with Gasteiger partial charge in [0.15, 0.2) is 0 Å². The summed E-state index contributed by atoms with van der Waals surface area (Å²) in [6.07, 6.45) is 0. The van der Waals surface area contributed by atoms with Crippen molar-refractivity contribution < 1.29 is 9.85 Å². The minimum atomic E-state index is -0.422. The predicted molar refractivity (Wildman–Crippen MR) is 122 cm³/mol. The van der Waals surface area contributed by atoms with Gasteiger partial charge in [-0.2, -0.15) is 0 Å². The molecular weight excluding hydrogens is 431 g/mol. The van der Waals surface area contributed by atoms with Gasteiger partial charge in [-0.05, 0) is 23.3 Å². The molecule has 0 bridgehead atoms. The van der Waals surface area contributed by atoms with Crippen LogP contribution in [-0.2, 0) is 13.1 Å². The Kier molecular flexibility index (Phi) is 9.54. The van der Waals surface area contributed by atoms with Gasteiger partial charge in [0.25, 0.3) is 11.4 Å². The van der Waals surface area contributed by atoms with Crippen molar-refractivity contribution in [3.8, 4) is 0 Å². The summed E-state index contributed by atoms with van der Waals surface area (Å²) in [5, 5.41) is 28.1. The summed E-state index contributed by atoms with van der Waals surface area (Å²) in [4.78, 5) is 20.6. The average Bonchev–Trinajstić information content (AvgIpc) is 2.72. The molecule has 0 atom stereocenters. The molecule has 0 aliphatic heterocycles. The minimum Gasteiger partial charge on any atom is -0.379 e. The molecule has 0 saturated heterocycles. The molecule has 0 radical (unpaired) electrons. The number of hydrogen-bond donors (Lipinski definition) is 2. The van der Waals surface area contributed by atoms with E-state index in [1.807, 2.05) is 24.3 Å². The van der Waals surface area contributed by atoms with E-state index >= 15 is 0 Å². The molecule has 0 saturated carbocycles. The molecule has 2 N–H and O–H groups in total. The summed E-state index contributed by atoms with van der Waals surface area (Å²) in [6.45, 7) is 1.04. The van der Waals surface area contributed by atoms with Gasteiger partial charge in [-0.15, -0.1) is 24.8 Å². The lowest BCUT2D eigenvalue weighted by molar-refractivity contribution is -0.385. The van der Waals surface area contributed by atoms with Crippen molar-refractivity contribution >= 4 is 47.6 Å². The normalized spacial score (nSPS) is 9.60. The lowest BCUT2D eigenvalue weighted by Crippen LogP contribution is -2.05. The molecule has 0 aliphatic rings. The van der Waals surface area contributed by atoms with E-state index in [9.17, 15) is 20.2 Å². The standard InChI is InChI=1S/C20H18N4O4.2ClH/c25-23(26)17-9-5-15(6-10-17)13-21-19-3-1-2-4-20(19)22-14-16-7-11-18(12-8-16)24(27)28;;/h1-12,21-22H,13-14H2;2*1H. The Morgan fingerprint density at radius 2 is 0.933 bits per heavy atom. The summed E-state index contributed by atoms with van der Waals surface area (Å²) in [6, 6.07) is 20.5. The van der Waals surface area contributed by atoms with Crippen molar-refractivity contribution in [2.45, 2.75) is 13.1 Å². The lowest BCUT2D eigenvalue weighted by atomic mass is 10.2. The molecule has 3 aromatic carbocycles. The van der Waals surface area contributed by atoms with Gasteiger partial charge in [-0.1, -0.05) is 36.4 Å². The molecule has 0 heterocycles. The van der Waals surface area contributed by atoms with Crippen molar-refractivity contribution in [2.75, 3.05) is 10.6 Å². The van der Waals surface area contributed by atoms with Gasteiger partial charge in [0.1, 0.15) is 0 Å². The van der Waals surface area contributed by atoms with Crippen LogP contribution in [0.5, 0.6) is 0 Å². The topological polar surface area (TPSA) is 110 Å². The number of non-ortho nitro benzene ring substituents is 2. The molecule has 0 fully saturated rings. The van der Waals surface area contributed by atoms with Crippen molar-refractivity contribution in [2.24, 2.45) is 0 Å². The van der Waals surface area contributed by atoms with Gasteiger partial charge in [-0.25, -0.2) is 0 Å². The maximum absolute atomic E-state index is 10.7. The molecule has 0 aliphatic carbocycles. The molecular formula is C20H20Cl2N4O4. The Morgan fingerprint density at radius 1 is 0.600 bits per heavy atom. The van der Waals surface area contributed by atoms with Crippen LogP contribution in [0, 0.1) is 20.2 Å². The highest BCUT2D eigenvalue weighted by Crippen LogP contribution is 2.23. The number of rotatable bonds is 8. The SMILES string of the molecule is Cl.Cl.O=[N+]([O-])c1ccc(CNc2ccccc2NCc2ccc([N+](=O)[O-])cc2)cc1. The molecule has 30 heavy (non-hydrogen) atoms. The number of nitrogens with zero attached hydrogens (tertiary/aromatic N) is 2. The van der Waals surface area contributed by atoms with E-state index in [4.69, 9.17) is 0 Å². The van der Waals surface area contributed by atoms with Crippen LogP contribution in [0.4, 0.5) is 22.7 Å². The third-order valence-electron chi connectivity index (χ3n) is 4.19. The fourth-order valence-electron chi connectivity index (χ4n) is 2.66. The van der Waals surface area contributed by atoms with E-state index < -0.39 is 9.85 Å². The van der Waals surface area contributed by atoms with Crippen molar-refractivity contribution in [3.05, 3.63) is 104 Å². The molecule has 0 amide bonds. The van der Waals surface area contributed by atoms with Gasteiger partial charge in [0.05, 0.1) is 21.2 Å². The van der Waals surface area contributed by atoms with E-state index in [0.717, 1.165) is 22.5 Å². The fourth-order valence-corrected chi connectivity index (χ4v) is 2.66. The molecule has 10 heteroatoms. The van der Waals surface area contributed by atoms with Crippen LogP contribution in [-0.4, -0.2) is 9.85 Å². The van der Waals surface area contributed by atoms with Gasteiger partial charge >= 0.3 is 0 Å². The highest BCUT2D eigenvalue weighted by molar-refractivity contribution is 5.85. The Balaban J connectivity index is 0.00000225. The molecule has 3 rings (SSSR count). The minimum absolute atomic E-state index is 0. The largest absolute Gasteiger partial charge is 0.379 e.